The second-order valence-corrected chi connectivity index (χ2v) is 15.7. The molecule has 0 spiro atoms. The topological polar surface area (TPSA) is 94.1 Å². The standard InChI is InChI=1S/C9H20O.C8H18O2.C8H18O.C7H16O2.C7H16.C6H14O.C6H14.C5H12O2/c1-3-5-6-7-9-10-8-4-2;1-3-5-9-7-8-10-6-4-2;1-3-5-6-7-8-9-4-2;1-3-5-9-7-6-8-4-2;2*1-3-5-7-6-4-2;1-3-5-6-4-2;1-2-4-7-5-3-6/h3-9H2,1-2H3;3-8H2,1-2H3;3-8H2,1-2H3;3-7H2,1-2H3;3-7H2,1-2H3;3-6H2,1-2H3;3-6H2,1-2H3;6H,2-5H2,1H3. The van der Waals surface area contributed by atoms with Gasteiger partial charge < -0.3 is 43.0 Å². The maximum absolute atomic E-state index is 8.17. The van der Waals surface area contributed by atoms with Crippen LogP contribution >= 0.6 is 0 Å². The van der Waals surface area contributed by atoms with Crippen molar-refractivity contribution in [1.29, 1.82) is 0 Å². The molecular weight excluding hydrogens is 817 g/mol. The molecule has 0 aromatic rings. The van der Waals surface area contributed by atoms with Crippen molar-refractivity contribution in [1.82, 2.24) is 0 Å². The number of unbranched alkanes of at least 4 members (excludes halogenated alkanes) is 13. The van der Waals surface area contributed by atoms with Crippen LogP contribution in [0.25, 0.3) is 0 Å². The van der Waals surface area contributed by atoms with Gasteiger partial charge in [0.2, 0.25) is 0 Å². The van der Waals surface area contributed by atoms with E-state index in [2.05, 4.69) is 83.1 Å². The summed E-state index contributed by atoms with van der Waals surface area (Å²) in [6, 6.07) is 0. The summed E-state index contributed by atoms with van der Waals surface area (Å²) in [6.07, 6.45) is 30.7. The highest BCUT2D eigenvalue weighted by atomic mass is 16.5. The van der Waals surface area contributed by atoms with E-state index >= 15 is 0 Å². The first-order valence-electron chi connectivity index (χ1n) is 28.0. The third-order valence-electron chi connectivity index (χ3n) is 8.28. The Labute approximate surface area is 412 Å². The minimum Gasteiger partial charge on any atom is -0.394 e. The van der Waals surface area contributed by atoms with Crippen molar-refractivity contribution >= 4 is 0 Å². The molecule has 9 nitrogen and oxygen atoms in total. The Morgan fingerprint density at radius 2 is 0.385 bits per heavy atom. The molecule has 0 amide bonds. The molecule has 0 rings (SSSR count). The van der Waals surface area contributed by atoms with Crippen LogP contribution in [-0.4, -0.2) is 117 Å². The third-order valence-corrected chi connectivity index (χ3v) is 8.28. The molecule has 0 saturated heterocycles. The van der Waals surface area contributed by atoms with Crippen molar-refractivity contribution in [3.8, 4) is 0 Å². The molecule has 0 unspecified atom stereocenters. The Bertz CT molecular complexity index is 490. The lowest BCUT2D eigenvalue weighted by Gasteiger charge is -2.02. The van der Waals surface area contributed by atoms with E-state index in [0.717, 1.165) is 144 Å². The maximum Gasteiger partial charge on any atom is 0.0700 e. The number of hydrogen-bond acceptors (Lipinski definition) is 9. The normalized spacial score (nSPS) is 9.78. The molecule has 406 valence electrons. The molecule has 0 aliphatic carbocycles. The number of hydrogen-bond donors (Lipinski definition) is 1. The van der Waals surface area contributed by atoms with Crippen molar-refractivity contribution in [2.45, 2.75) is 258 Å². The highest BCUT2D eigenvalue weighted by Crippen LogP contribution is 2.01. The zero-order valence-corrected chi connectivity index (χ0v) is 47.7. The fourth-order valence-corrected chi connectivity index (χ4v) is 4.65. The summed E-state index contributed by atoms with van der Waals surface area (Å²) >= 11 is 0. The lowest BCUT2D eigenvalue weighted by molar-refractivity contribution is 0.0483. The Hall–Kier alpha value is -0.360. The quantitative estimate of drug-likeness (QED) is 0.0601. The van der Waals surface area contributed by atoms with Gasteiger partial charge in [-0.1, -0.05) is 186 Å². The van der Waals surface area contributed by atoms with E-state index in [-0.39, 0.29) is 6.61 Å². The Morgan fingerprint density at radius 1 is 0.185 bits per heavy atom. The van der Waals surface area contributed by atoms with Gasteiger partial charge in [-0.15, -0.1) is 0 Å². The molecule has 0 fully saturated rings. The van der Waals surface area contributed by atoms with Gasteiger partial charge in [0.15, 0.2) is 0 Å². The summed E-state index contributed by atoms with van der Waals surface area (Å²) in [7, 11) is 0. The molecule has 0 heterocycles. The molecular formula is C56H128O9. The lowest BCUT2D eigenvalue weighted by atomic mass is 10.2. The predicted octanol–water partition coefficient (Wildman–Crippen LogP) is 16.7. The van der Waals surface area contributed by atoms with Crippen LogP contribution in [0.1, 0.15) is 258 Å². The summed E-state index contributed by atoms with van der Waals surface area (Å²) in [5.41, 5.74) is 0. The fraction of sp³-hybridized carbons (Fsp3) is 1.00. The zero-order chi connectivity index (χ0) is 50.6. The van der Waals surface area contributed by atoms with Gasteiger partial charge >= 0.3 is 0 Å². The minimum absolute atomic E-state index is 0.139. The molecule has 0 aliphatic rings. The number of rotatable bonds is 41. The molecule has 1 N–H and O–H groups in total. The third kappa shape index (κ3) is 146. The van der Waals surface area contributed by atoms with Crippen molar-refractivity contribution in [3.05, 3.63) is 0 Å². The van der Waals surface area contributed by atoms with Crippen LogP contribution in [0.3, 0.4) is 0 Å². The summed E-state index contributed by atoms with van der Waals surface area (Å²) in [5.74, 6) is 0. The molecule has 0 aromatic carbocycles. The summed E-state index contributed by atoms with van der Waals surface area (Å²) in [6.45, 7) is 45.4. The highest BCUT2D eigenvalue weighted by molar-refractivity contribution is 4.40. The van der Waals surface area contributed by atoms with Crippen molar-refractivity contribution < 1.29 is 43.0 Å². The van der Waals surface area contributed by atoms with E-state index in [9.17, 15) is 0 Å². The SMILES string of the molecule is CCCCCC.CCCCCCC.CCCCCCOCC.CCCCCCOCCC.CCCOCCC.CCCOCCO.CCCOCCOCC.CCCOCCOCCC. The van der Waals surface area contributed by atoms with E-state index in [1.807, 2.05) is 20.8 Å². The second kappa shape index (κ2) is 106. The summed E-state index contributed by atoms with van der Waals surface area (Å²) in [5, 5.41) is 8.17. The van der Waals surface area contributed by atoms with Gasteiger partial charge in [-0.3, -0.25) is 0 Å². The number of ether oxygens (including phenoxy) is 8. The molecule has 0 saturated carbocycles. The average Bonchev–Trinajstić information content (AvgIpc) is 3.32. The summed E-state index contributed by atoms with van der Waals surface area (Å²) in [4.78, 5) is 0. The molecule has 65 heavy (non-hydrogen) atoms. The molecule has 0 bridgehead atoms. The van der Waals surface area contributed by atoms with Crippen LogP contribution in [0.5, 0.6) is 0 Å². The van der Waals surface area contributed by atoms with E-state index in [1.165, 1.54) is 109 Å². The van der Waals surface area contributed by atoms with Crippen molar-refractivity contribution in [2.75, 3.05) is 112 Å². The smallest absolute Gasteiger partial charge is 0.0700 e. The van der Waals surface area contributed by atoms with Gasteiger partial charge in [0.25, 0.3) is 0 Å². The first kappa shape index (κ1) is 81.6. The van der Waals surface area contributed by atoms with Gasteiger partial charge in [-0.2, -0.15) is 0 Å². The molecule has 0 aliphatic heterocycles. The largest absolute Gasteiger partial charge is 0.394 e. The van der Waals surface area contributed by atoms with Crippen LogP contribution in [0.4, 0.5) is 0 Å². The van der Waals surface area contributed by atoms with Gasteiger partial charge in [-0.05, 0) is 71.6 Å². The minimum atomic E-state index is 0.139. The van der Waals surface area contributed by atoms with Crippen LogP contribution in [0.2, 0.25) is 0 Å². The first-order valence-corrected chi connectivity index (χ1v) is 28.0. The van der Waals surface area contributed by atoms with Crippen molar-refractivity contribution in [3.63, 3.8) is 0 Å². The van der Waals surface area contributed by atoms with Gasteiger partial charge in [0.1, 0.15) is 0 Å². The molecule has 9 heteroatoms. The van der Waals surface area contributed by atoms with Crippen LogP contribution in [0, 0.1) is 0 Å². The van der Waals surface area contributed by atoms with E-state index < -0.39 is 0 Å². The van der Waals surface area contributed by atoms with Crippen LogP contribution in [-0.2, 0) is 37.9 Å². The highest BCUT2D eigenvalue weighted by Gasteiger charge is 1.89. The van der Waals surface area contributed by atoms with Crippen LogP contribution < -0.4 is 0 Å². The maximum atomic E-state index is 8.17. The Balaban J connectivity index is -0.0000000958. The fourth-order valence-electron chi connectivity index (χ4n) is 4.65. The van der Waals surface area contributed by atoms with Gasteiger partial charge in [-0.25, -0.2) is 0 Å². The predicted molar refractivity (Wildman–Crippen MR) is 290 cm³/mol. The van der Waals surface area contributed by atoms with Crippen LogP contribution in [0.15, 0.2) is 0 Å². The van der Waals surface area contributed by atoms with E-state index in [0.29, 0.717) is 6.61 Å². The van der Waals surface area contributed by atoms with Crippen molar-refractivity contribution in [2.24, 2.45) is 0 Å². The van der Waals surface area contributed by atoms with Gasteiger partial charge in [0, 0.05) is 72.7 Å². The van der Waals surface area contributed by atoms with E-state index in [4.69, 9.17) is 43.0 Å². The lowest BCUT2D eigenvalue weighted by Crippen LogP contribution is -2.04. The molecule has 0 aromatic heterocycles. The molecule has 0 radical (unpaired) electrons. The number of aliphatic hydroxyl groups excluding tert-OH is 1. The zero-order valence-electron chi connectivity index (χ0n) is 47.7. The Morgan fingerprint density at radius 3 is 0.646 bits per heavy atom. The first-order chi connectivity index (χ1) is 31.8. The monoisotopic (exact) mass is 945 g/mol. The van der Waals surface area contributed by atoms with Gasteiger partial charge in [0.05, 0.1) is 39.6 Å². The number of aliphatic hydroxyl groups is 1. The summed E-state index contributed by atoms with van der Waals surface area (Å²) < 4.78 is 41.1. The second-order valence-electron chi connectivity index (χ2n) is 15.7. The Kier molecular flexibility index (Phi) is 133. The van der Waals surface area contributed by atoms with E-state index in [1.54, 1.807) is 0 Å². The molecule has 0 atom stereocenters. The average molecular weight is 946 g/mol.